The molecule has 4 rings (SSSR count). The second-order valence-electron chi connectivity index (χ2n) is 12.4. The zero-order chi connectivity index (χ0) is 29.6. The molecule has 1 saturated heterocycles. The van der Waals surface area contributed by atoms with Gasteiger partial charge in [0.25, 0.3) is 0 Å². The van der Waals surface area contributed by atoms with E-state index in [1.54, 1.807) is 17.0 Å². The van der Waals surface area contributed by atoms with E-state index in [0.717, 1.165) is 36.1 Å². The number of amides is 1. The van der Waals surface area contributed by atoms with E-state index in [2.05, 4.69) is 12.2 Å². The van der Waals surface area contributed by atoms with Crippen molar-refractivity contribution in [1.29, 1.82) is 0 Å². The van der Waals surface area contributed by atoms with Crippen LogP contribution in [0.15, 0.2) is 48.5 Å². The average Bonchev–Trinajstić information content (AvgIpc) is 3.17. The number of aliphatic hydroxyl groups is 2. The van der Waals surface area contributed by atoms with E-state index in [4.69, 9.17) is 19.3 Å². The zero-order valence-corrected chi connectivity index (χ0v) is 24.6. The molecule has 1 aliphatic carbocycles. The summed E-state index contributed by atoms with van der Waals surface area (Å²) in [6.45, 7) is 9.31. The van der Waals surface area contributed by atoms with Crippen LogP contribution in [0.3, 0.4) is 0 Å². The van der Waals surface area contributed by atoms with Crippen LogP contribution in [0.5, 0.6) is 5.75 Å². The van der Waals surface area contributed by atoms with Gasteiger partial charge in [0, 0.05) is 24.0 Å². The summed E-state index contributed by atoms with van der Waals surface area (Å²) in [7, 11) is 0. The van der Waals surface area contributed by atoms with Crippen LogP contribution in [0.4, 0.5) is 9.18 Å². The number of nitrogens with zero attached hydrogens (tertiary/aromatic N) is 1. The molecule has 226 valence electrons. The molecule has 0 aromatic heterocycles. The molecule has 3 N–H and O–H groups in total. The number of benzene rings is 2. The Morgan fingerprint density at radius 2 is 1.78 bits per heavy atom. The number of hydrogen-bond acceptors (Lipinski definition) is 7. The van der Waals surface area contributed by atoms with Crippen molar-refractivity contribution in [3.05, 3.63) is 65.5 Å². The monoisotopic (exact) mass is 572 g/mol. The fraction of sp³-hybridized carbons (Fsp3) is 0.594. The quantitative estimate of drug-likeness (QED) is 0.346. The van der Waals surface area contributed by atoms with Gasteiger partial charge in [-0.2, -0.15) is 0 Å². The molecule has 2 aromatic rings. The van der Waals surface area contributed by atoms with Gasteiger partial charge in [0.2, 0.25) is 0 Å². The highest BCUT2D eigenvalue weighted by Gasteiger charge is 2.57. The molecule has 1 heterocycles. The van der Waals surface area contributed by atoms with E-state index in [1.165, 1.54) is 12.1 Å². The first-order chi connectivity index (χ1) is 19.5. The van der Waals surface area contributed by atoms with Crippen LogP contribution in [0, 0.1) is 11.2 Å². The summed E-state index contributed by atoms with van der Waals surface area (Å²) < 4.78 is 30.5. The number of carbonyl (C=O) groups excluding carboxylic acids is 1. The van der Waals surface area contributed by atoms with Gasteiger partial charge < -0.3 is 29.7 Å². The molecule has 1 saturated carbocycles. The van der Waals surface area contributed by atoms with Gasteiger partial charge in [-0.3, -0.25) is 4.90 Å². The minimum absolute atomic E-state index is 0.00593. The summed E-state index contributed by atoms with van der Waals surface area (Å²) in [6, 6.07) is 13.4. The van der Waals surface area contributed by atoms with Crippen LogP contribution in [0.2, 0.25) is 0 Å². The molecule has 9 heteroatoms. The van der Waals surface area contributed by atoms with E-state index in [1.807, 2.05) is 45.0 Å². The Bertz CT molecular complexity index is 1120. The van der Waals surface area contributed by atoms with E-state index < -0.39 is 23.2 Å². The van der Waals surface area contributed by atoms with Crippen LogP contribution in [-0.2, 0) is 16.0 Å². The Balaban J connectivity index is 1.46. The largest absolute Gasteiger partial charge is 0.491 e. The molecule has 0 radical (unpaired) electrons. The number of aliphatic hydroxyl groups excluding tert-OH is 2. The number of hydrogen-bond donors (Lipinski definition) is 3. The van der Waals surface area contributed by atoms with Crippen molar-refractivity contribution in [2.45, 2.75) is 89.8 Å². The average molecular weight is 573 g/mol. The van der Waals surface area contributed by atoms with Crippen LogP contribution >= 0.6 is 0 Å². The Labute approximate surface area is 242 Å². The van der Waals surface area contributed by atoms with Crippen molar-refractivity contribution < 1.29 is 33.6 Å². The highest BCUT2D eigenvalue weighted by molar-refractivity contribution is 5.70. The van der Waals surface area contributed by atoms with Crippen molar-refractivity contribution >= 4 is 6.09 Å². The van der Waals surface area contributed by atoms with Gasteiger partial charge in [-0.15, -0.1) is 0 Å². The number of carbonyl (C=O) groups is 1. The summed E-state index contributed by atoms with van der Waals surface area (Å²) in [5.41, 5.74) is 0.661. The van der Waals surface area contributed by atoms with Crippen LogP contribution in [0.25, 0.3) is 0 Å². The first kappa shape index (κ1) is 31.2. The lowest BCUT2D eigenvalue weighted by Gasteiger charge is -2.39. The molecule has 2 aliphatic rings. The Morgan fingerprint density at radius 3 is 2.44 bits per heavy atom. The number of likely N-dealkylation sites (tertiary alicyclic amines) is 1. The van der Waals surface area contributed by atoms with Gasteiger partial charge in [-0.25, -0.2) is 9.18 Å². The Morgan fingerprint density at radius 1 is 1.07 bits per heavy atom. The minimum Gasteiger partial charge on any atom is -0.491 e. The van der Waals surface area contributed by atoms with Crippen molar-refractivity contribution in [3.8, 4) is 5.75 Å². The van der Waals surface area contributed by atoms with E-state index in [-0.39, 0.29) is 30.5 Å². The third-order valence-electron chi connectivity index (χ3n) is 8.20. The van der Waals surface area contributed by atoms with Gasteiger partial charge >= 0.3 is 6.09 Å². The normalized spacial score (nSPS) is 26.4. The van der Waals surface area contributed by atoms with Gasteiger partial charge in [0.1, 0.15) is 23.8 Å². The molecule has 41 heavy (non-hydrogen) atoms. The minimum atomic E-state index is -0.702. The molecule has 2 aromatic carbocycles. The summed E-state index contributed by atoms with van der Waals surface area (Å²) >= 11 is 0. The van der Waals surface area contributed by atoms with Gasteiger partial charge in [0.05, 0.1) is 32.0 Å². The standard InChI is InChI=1S/C32H45FN2O6/c1-31(2,3)41-30(38)35-27(23-10-12-24(33)13-11-23)20-32(4)28(35)7-5-6-26(29(32)37)34-21-22-8-14-25(15-9-22)40-19-18-39-17-16-36/h8-15,26-29,34,36-37H,5-7,16-21H2,1-4H3/t26-,27+,28+,29+,32+/m0/s1. The molecular weight excluding hydrogens is 527 g/mol. The summed E-state index contributed by atoms with van der Waals surface area (Å²) in [5, 5.41) is 24.2. The van der Waals surface area contributed by atoms with Crippen LogP contribution in [-0.4, -0.2) is 71.4 Å². The lowest BCUT2D eigenvalue weighted by Crippen LogP contribution is -2.52. The van der Waals surface area contributed by atoms with E-state index in [0.29, 0.717) is 32.8 Å². The molecule has 2 fully saturated rings. The van der Waals surface area contributed by atoms with Crippen molar-refractivity contribution in [2.24, 2.45) is 5.41 Å². The maximum Gasteiger partial charge on any atom is 0.411 e. The maximum atomic E-state index is 13.8. The van der Waals surface area contributed by atoms with E-state index in [9.17, 15) is 14.3 Å². The highest BCUT2D eigenvalue weighted by atomic mass is 19.1. The molecule has 0 bridgehead atoms. The van der Waals surface area contributed by atoms with Crippen molar-refractivity contribution in [2.75, 3.05) is 26.4 Å². The van der Waals surface area contributed by atoms with Crippen LogP contribution in [0.1, 0.15) is 70.5 Å². The van der Waals surface area contributed by atoms with Crippen molar-refractivity contribution in [3.63, 3.8) is 0 Å². The first-order valence-corrected chi connectivity index (χ1v) is 14.6. The zero-order valence-electron chi connectivity index (χ0n) is 24.6. The van der Waals surface area contributed by atoms with Gasteiger partial charge in [-0.05, 0) is 81.8 Å². The lowest BCUT2D eigenvalue weighted by atomic mass is 9.74. The van der Waals surface area contributed by atoms with E-state index >= 15 is 0 Å². The number of fused-ring (bicyclic) bond motifs is 1. The first-order valence-electron chi connectivity index (χ1n) is 14.6. The lowest BCUT2D eigenvalue weighted by molar-refractivity contribution is -0.0186. The highest BCUT2D eigenvalue weighted by Crippen LogP contribution is 2.53. The SMILES string of the molecule is CC(C)(C)OC(=O)N1[C@@H](c2ccc(F)cc2)C[C@@]2(C)[C@H](O)[C@@H](NCc3ccc(OCCOCCO)cc3)CCC[C@@H]12. The molecule has 0 spiro atoms. The summed E-state index contributed by atoms with van der Waals surface area (Å²) in [5.74, 6) is 0.415. The summed E-state index contributed by atoms with van der Waals surface area (Å²) in [4.78, 5) is 15.4. The molecule has 0 unspecified atom stereocenters. The fourth-order valence-electron chi connectivity index (χ4n) is 6.20. The third-order valence-corrected chi connectivity index (χ3v) is 8.20. The van der Waals surface area contributed by atoms with Gasteiger partial charge in [0.15, 0.2) is 0 Å². The predicted octanol–water partition coefficient (Wildman–Crippen LogP) is 4.97. The second kappa shape index (κ2) is 13.5. The van der Waals surface area contributed by atoms with Gasteiger partial charge in [-0.1, -0.05) is 31.2 Å². The molecular formula is C32H45FN2O6. The molecule has 5 atom stereocenters. The number of nitrogens with one attached hydrogen (secondary N) is 1. The third kappa shape index (κ3) is 7.77. The Hall–Kier alpha value is -2.72. The summed E-state index contributed by atoms with van der Waals surface area (Å²) in [6.07, 6.45) is 1.82. The fourth-order valence-corrected chi connectivity index (χ4v) is 6.20. The van der Waals surface area contributed by atoms with Crippen LogP contribution < -0.4 is 10.1 Å². The Kier molecular flexibility index (Phi) is 10.3. The number of rotatable bonds is 10. The second-order valence-corrected chi connectivity index (χ2v) is 12.4. The predicted molar refractivity (Wildman–Crippen MR) is 154 cm³/mol. The maximum absolute atomic E-state index is 13.8. The molecule has 1 amide bonds. The topological polar surface area (TPSA) is 100 Å². The number of halogens is 1. The molecule has 1 aliphatic heterocycles. The molecule has 8 nitrogen and oxygen atoms in total. The smallest absolute Gasteiger partial charge is 0.411 e. The van der Waals surface area contributed by atoms with Crippen molar-refractivity contribution in [1.82, 2.24) is 10.2 Å². The number of ether oxygens (including phenoxy) is 3.